The number of amides is 1. The molecule has 30 heavy (non-hydrogen) atoms. The fourth-order valence-electron chi connectivity index (χ4n) is 4.26. The second kappa shape index (κ2) is 8.47. The molecule has 0 bridgehead atoms. The van der Waals surface area contributed by atoms with Gasteiger partial charge in [-0.05, 0) is 49.5 Å². The van der Waals surface area contributed by atoms with E-state index in [1.807, 2.05) is 6.07 Å². The minimum absolute atomic E-state index is 0.192. The van der Waals surface area contributed by atoms with Gasteiger partial charge in [0.1, 0.15) is 0 Å². The predicted molar refractivity (Wildman–Crippen MR) is 117 cm³/mol. The molecule has 1 aliphatic heterocycles. The molecular formula is C25H28N4O. The molecule has 1 N–H and O–H groups in total. The fraction of sp³-hybridized carbons (Fsp3) is 0.480. The van der Waals surface area contributed by atoms with E-state index >= 15 is 0 Å². The molecule has 2 unspecified atom stereocenters. The molecular weight excluding hydrogens is 372 g/mol. The lowest BCUT2D eigenvalue weighted by molar-refractivity contribution is -0.134. The summed E-state index contributed by atoms with van der Waals surface area (Å²) in [5.41, 5.74) is 2.19. The maximum absolute atomic E-state index is 12.8. The predicted octanol–water partition coefficient (Wildman–Crippen LogP) is 3.69. The molecule has 5 heteroatoms. The second-order valence-corrected chi connectivity index (χ2v) is 8.85. The average molecular weight is 401 g/mol. The van der Waals surface area contributed by atoms with Crippen molar-refractivity contribution in [1.82, 2.24) is 14.9 Å². The van der Waals surface area contributed by atoms with Crippen molar-refractivity contribution in [1.29, 1.82) is 0 Å². The van der Waals surface area contributed by atoms with Gasteiger partial charge in [0.25, 0.3) is 0 Å². The zero-order chi connectivity index (χ0) is 20.3. The molecule has 5 rings (SSSR count). The number of nitrogens with one attached hydrogen (secondary N) is 1. The summed E-state index contributed by atoms with van der Waals surface area (Å²) in [6.45, 7) is 2.57. The Labute approximate surface area is 178 Å². The Kier molecular flexibility index (Phi) is 5.40. The van der Waals surface area contributed by atoms with Crippen molar-refractivity contribution in [2.24, 2.45) is 17.8 Å². The number of anilines is 1. The Bertz CT molecular complexity index is 935. The summed E-state index contributed by atoms with van der Waals surface area (Å²) in [5.74, 6) is 9.14. The van der Waals surface area contributed by atoms with Gasteiger partial charge in [-0.25, -0.2) is 9.97 Å². The maximum Gasteiger partial charge on any atom is 0.226 e. The molecule has 0 spiro atoms. The lowest BCUT2D eigenvalue weighted by Crippen LogP contribution is -2.40. The van der Waals surface area contributed by atoms with Crippen molar-refractivity contribution in [2.75, 3.05) is 25.0 Å². The van der Waals surface area contributed by atoms with Crippen LogP contribution < -0.4 is 5.32 Å². The van der Waals surface area contributed by atoms with Crippen molar-refractivity contribution < 1.29 is 4.79 Å². The highest BCUT2D eigenvalue weighted by molar-refractivity contribution is 5.83. The SMILES string of the molecule is O=C(C1CC1c1ccccc1)N1CCC(CNc2ncc(C#CC3CC3)cn2)CC1. The Balaban J connectivity index is 1.05. The van der Waals surface area contributed by atoms with Gasteiger partial charge in [0.15, 0.2) is 0 Å². The topological polar surface area (TPSA) is 58.1 Å². The van der Waals surface area contributed by atoms with Gasteiger partial charge in [0.2, 0.25) is 11.9 Å². The summed E-state index contributed by atoms with van der Waals surface area (Å²) in [5, 5.41) is 3.35. The van der Waals surface area contributed by atoms with Crippen molar-refractivity contribution >= 4 is 11.9 Å². The molecule has 1 amide bonds. The zero-order valence-electron chi connectivity index (χ0n) is 17.3. The Morgan fingerprint density at radius 2 is 1.80 bits per heavy atom. The molecule has 2 heterocycles. The Morgan fingerprint density at radius 1 is 1.07 bits per heavy atom. The third kappa shape index (κ3) is 4.64. The minimum atomic E-state index is 0.192. The molecule has 1 aromatic heterocycles. The second-order valence-electron chi connectivity index (χ2n) is 8.85. The van der Waals surface area contributed by atoms with Crippen LogP contribution in [0.2, 0.25) is 0 Å². The van der Waals surface area contributed by atoms with Crippen LogP contribution in [0.3, 0.4) is 0 Å². The molecule has 2 atom stereocenters. The number of hydrogen-bond acceptors (Lipinski definition) is 4. The van der Waals surface area contributed by atoms with Crippen molar-refractivity contribution in [2.45, 2.75) is 38.0 Å². The van der Waals surface area contributed by atoms with Crippen LogP contribution in [0.4, 0.5) is 5.95 Å². The molecule has 2 aliphatic carbocycles. The van der Waals surface area contributed by atoms with E-state index < -0.39 is 0 Å². The van der Waals surface area contributed by atoms with Gasteiger partial charge in [0, 0.05) is 43.9 Å². The van der Waals surface area contributed by atoms with E-state index in [2.05, 4.69) is 56.3 Å². The van der Waals surface area contributed by atoms with Crippen molar-refractivity contribution in [3.05, 3.63) is 53.9 Å². The number of piperidine rings is 1. The molecule has 1 aromatic carbocycles. The molecule has 2 aromatic rings. The number of carbonyl (C=O) groups excluding carboxylic acids is 1. The first-order valence-corrected chi connectivity index (χ1v) is 11.2. The summed E-state index contributed by atoms with van der Waals surface area (Å²) < 4.78 is 0. The van der Waals surface area contributed by atoms with Gasteiger partial charge < -0.3 is 10.2 Å². The number of hydrogen-bond donors (Lipinski definition) is 1. The highest BCUT2D eigenvalue weighted by Gasteiger charge is 2.46. The van der Waals surface area contributed by atoms with Crippen molar-refractivity contribution in [3.63, 3.8) is 0 Å². The smallest absolute Gasteiger partial charge is 0.226 e. The quantitative estimate of drug-likeness (QED) is 0.778. The summed E-state index contributed by atoms with van der Waals surface area (Å²) in [6, 6.07) is 10.4. The maximum atomic E-state index is 12.8. The number of rotatable bonds is 5. The van der Waals surface area contributed by atoms with Crippen LogP contribution in [-0.2, 0) is 4.79 Å². The van der Waals surface area contributed by atoms with E-state index in [9.17, 15) is 4.79 Å². The summed E-state index contributed by atoms with van der Waals surface area (Å²) >= 11 is 0. The molecule has 3 aliphatic rings. The monoisotopic (exact) mass is 400 g/mol. The number of nitrogens with zero attached hydrogens (tertiary/aromatic N) is 3. The van der Waals surface area contributed by atoms with Gasteiger partial charge in [-0.3, -0.25) is 4.79 Å². The summed E-state index contributed by atoms with van der Waals surface area (Å²) in [6.07, 6.45) is 9.12. The van der Waals surface area contributed by atoms with Crippen LogP contribution in [0.1, 0.15) is 49.1 Å². The first-order chi connectivity index (χ1) is 14.8. The normalized spacial score (nSPS) is 23.4. The molecule has 3 fully saturated rings. The van der Waals surface area contributed by atoms with Gasteiger partial charge in [-0.15, -0.1) is 0 Å². The van der Waals surface area contributed by atoms with E-state index in [4.69, 9.17) is 0 Å². The Morgan fingerprint density at radius 3 is 2.50 bits per heavy atom. The molecule has 0 radical (unpaired) electrons. The Hall–Kier alpha value is -2.87. The van der Waals surface area contributed by atoms with Crippen LogP contribution in [0.25, 0.3) is 0 Å². The standard InChI is InChI=1S/C25H28N4O/c30-24(23-14-22(23)21-4-2-1-3-5-21)29-12-10-19(11-13-29)15-26-25-27-16-20(17-28-25)9-8-18-6-7-18/h1-5,16-19,22-23H,6-7,10-15H2,(H,26,27,28). The number of likely N-dealkylation sites (tertiary alicyclic amines) is 1. The third-order valence-corrected chi connectivity index (χ3v) is 6.46. The molecule has 1 saturated heterocycles. The highest BCUT2D eigenvalue weighted by Crippen LogP contribution is 2.48. The zero-order valence-corrected chi connectivity index (χ0v) is 17.3. The van der Waals surface area contributed by atoms with Gasteiger partial charge in [-0.2, -0.15) is 0 Å². The van der Waals surface area contributed by atoms with Gasteiger partial charge >= 0.3 is 0 Å². The van der Waals surface area contributed by atoms with E-state index in [-0.39, 0.29) is 5.92 Å². The fourth-order valence-corrected chi connectivity index (χ4v) is 4.26. The van der Waals surface area contributed by atoms with E-state index in [0.29, 0.717) is 29.6 Å². The van der Waals surface area contributed by atoms with E-state index in [0.717, 1.165) is 44.5 Å². The number of aromatic nitrogens is 2. The van der Waals surface area contributed by atoms with Gasteiger partial charge in [-0.1, -0.05) is 42.2 Å². The molecule has 2 saturated carbocycles. The van der Waals surface area contributed by atoms with Crippen LogP contribution in [-0.4, -0.2) is 40.4 Å². The first-order valence-electron chi connectivity index (χ1n) is 11.2. The van der Waals surface area contributed by atoms with Crippen LogP contribution in [0.15, 0.2) is 42.7 Å². The minimum Gasteiger partial charge on any atom is -0.354 e. The van der Waals surface area contributed by atoms with E-state index in [1.165, 1.54) is 18.4 Å². The summed E-state index contributed by atoms with van der Waals surface area (Å²) in [7, 11) is 0. The van der Waals surface area contributed by atoms with Crippen LogP contribution >= 0.6 is 0 Å². The third-order valence-electron chi connectivity index (χ3n) is 6.46. The molecule has 5 nitrogen and oxygen atoms in total. The van der Waals surface area contributed by atoms with Gasteiger partial charge in [0.05, 0.1) is 5.56 Å². The van der Waals surface area contributed by atoms with Crippen molar-refractivity contribution in [3.8, 4) is 11.8 Å². The number of carbonyl (C=O) groups is 1. The average Bonchev–Trinajstić information content (AvgIpc) is 3.72. The number of benzene rings is 1. The lowest BCUT2D eigenvalue weighted by Gasteiger charge is -2.32. The van der Waals surface area contributed by atoms with Crippen LogP contribution in [0.5, 0.6) is 0 Å². The summed E-state index contributed by atoms with van der Waals surface area (Å²) in [4.78, 5) is 23.7. The first kappa shape index (κ1) is 19.1. The molecule has 154 valence electrons. The lowest BCUT2D eigenvalue weighted by atomic mass is 9.96. The van der Waals surface area contributed by atoms with Crippen LogP contribution in [0, 0.1) is 29.6 Å². The highest BCUT2D eigenvalue weighted by atomic mass is 16.2. The van der Waals surface area contributed by atoms with E-state index in [1.54, 1.807) is 12.4 Å². The largest absolute Gasteiger partial charge is 0.354 e.